The van der Waals surface area contributed by atoms with Gasteiger partial charge in [-0.25, -0.2) is 5.43 Å². The molecule has 7 heteroatoms. The average molecular weight is 475 g/mol. The highest BCUT2D eigenvalue weighted by atomic mass is 35.5. The molecule has 6 nitrogen and oxygen atoms in total. The van der Waals surface area contributed by atoms with E-state index in [0.29, 0.717) is 28.9 Å². The van der Waals surface area contributed by atoms with Crippen molar-refractivity contribution in [1.82, 2.24) is 5.43 Å². The Morgan fingerprint density at radius 3 is 2.50 bits per heavy atom. The van der Waals surface area contributed by atoms with Crippen LogP contribution in [0.5, 0.6) is 17.2 Å². The molecule has 0 fully saturated rings. The van der Waals surface area contributed by atoms with Gasteiger partial charge in [-0.2, -0.15) is 5.10 Å². The molecule has 0 radical (unpaired) electrons. The maximum atomic E-state index is 12.1. The largest absolute Gasteiger partial charge is 0.493 e. The Morgan fingerprint density at radius 1 is 0.912 bits per heavy atom. The molecule has 0 bridgehead atoms. The normalized spacial score (nSPS) is 10.9. The topological polar surface area (TPSA) is 69.2 Å². The lowest BCUT2D eigenvalue weighted by molar-refractivity contribution is -0.123. The van der Waals surface area contributed by atoms with Crippen LogP contribution >= 0.6 is 11.6 Å². The zero-order valence-corrected chi connectivity index (χ0v) is 19.3. The van der Waals surface area contributed by atoms with Gasteiger partial charge < -0.3 is 14.2 Å². The van der Waals surface area contributed by atoms with Crippen molar-refractivity contribution < 1.29 is 19.0 Å². The molecule has 0 spiro atoms. The first-order valence-electron chi connectivity index (χ1n) is 10.6. The van der Waals surface area contributed by atoms with Crippen molar-refractivity contribution in [3.63, 3.8) is 0 Å². The molecule has 0 aliphatic heterocycles. The second kappa shape index (κ2) is 11.2. The van der Waals surface area contributed by atoms with Crippen molar-refractivity contribution in [3.8, 4) is 17.2 Å². The van der Waals surface area contributed by atoms with Crippen LogP contribution in [0.1, 0.15) is 11.1 Å². The summed E-state index contributed by atoms with van der Waals surface area (Å²) in [7, 11) is 1.57. The Bertz CT molecular complexity index is 1310. The Kier molecular flexibility index (Phi) is 7.63. The lowest BCUT2D eigenvalue weighted by Gasteiger charge is -2.11. The molecule has 1 amide bonds. The van der Waals surface area contributed by atoms with Crippen LogP contribution in [-0.4, -0.2) is 25.8 Å². The second-order valence-corrected chi connectivity index (χ2v) is 7.85. The highest BCUT2D eigenvalue weighted by Crippen LogP contribution is 2.28. The van der Waals surface area contributed by atoms with Crippen LogP contribution in [0.4, 0.5) is 0 Å². The number of amides is 1. The highest BCUT2D eigenvalue weighted by Gasteiger charge is 2.07. The summed E-state index contributed by atoms with van der Waals surface area (Å²) < 4.78 is 16.8. The molecule has 4 aromatic rings. The summed E-state index contributed by atoms with van der Waals surface area (Å²) in [5.74, 6) is 1.42. The number of ether oxygens (including phenoxy) is 3. The molecule has 4 aromatic carbocycles. The summed E-state index contributed by atoms with van der Waals surface area (Å²) in [6.45, 7) is 0.241. The van der Waals surface area contributed by atoms with Crippen molar-refractivity contribution in [1.29, 1.82) is 0 Å². The van der Waals surface area contributed by atoms with E-state index in [1.165, 1.54) is 6.21 Å². The van der Waals surface area contributed by atoms with E-state index < -0.39 is 0 Å². The molecule has 0 atom stereocenters. The summed E-state index contributed by atoms with van der Waals surface area (Å²) in [5.41, 5.74) is 4.20. The molecule has 0 saturated heterocycles. The van der Waals surface area contributed by atoms with Gasteiger partial charge in [0, 0.05) is 5.02 Å². The first-order chi connectivity index (χ1) is 16.6. The maximum absolute atomic E-state index is 12.1. The van der Waals surface area contributed by atoms with Crippen molar-refractivity contribution in [3.05, 3.63) is 101 Å². The van der Waals surface area contributed by atoms with Gasteiger partial charge in [-0.3, -0.25) is 4.79 Å². The first kappa shape index (κ1) is 23.1. The summed E-state index contributed by atoms with van der Waals surface area (Å²) in [6, 6.07) is 26.5. The summed E-state index contributed by atoms with van der Waals surface area (Å²) in [5, 5.41) is 6.84. The third-order valence-electron chi connectivity index (χ3n) is 4.99. The number of methoxy groups -OCH3 is 1. The standard InChI is InChI=1S/C27H23ClN2O4/c1-32-26-14-20(8-13-25(26)34-17-19-6-10-23(28)11-7-19)16-29-30-27(31)18-33-24-12-9-21-4-2-3-5-22(21)15-24/h2-16H,17-18H2,1H3,(H,30,31)/b29-16+. The van der Waals surface area contributed by atoms with Crippen LogP contribution in [0.2, 0.25) is 5.02 Å². The zero-order valence-electron chi connectivity index (χ0n) is 18.5. The molecule has 0 saturated carbocycles. The predicted molar refractivity (Wildman–Crippen MR) is 134 cm³/mol. The second-order valence-electron chi connectivity index (χ2n) is 7.42. The number of hydrazone groups is 1. The maximum Gasteiger partial charge on any atom is 0.277 e. The van der Waals surface area contributed by atoms with Gasteiger partial charge >= 0.3 is 0 Å². The fourth-order valence-electron chi connectivity index (χ4n) is 3.24. The summed E-state index contributed by atoms with van der Waals surface area (Å²) in [4.78, 5) is 12.1. The molecule has 4 rings (SSSR count). The van der Waals surface area contributed by atoms with Crippen LogP contribution < -0.4 is 19.6 Å². The minimum absolute atomic E-state index is 0.142. The van der Waals surface area contributed by atoms with Crippen LogP contribution in [0.15, 0.2) is 90.0 Å². The molecule has 0 aromatic heterocycles. The number of hydrogen-bond acceptors (Lipinski definition) is 5. The van der Waals surface area contributed by atoms with E-state index >= 15 is 0 Å². The van der Waals surface area contributed by atoms with Crippen molar-refractivity contribution >= 4 is 34.5 Å². The van der Waals surface area contributed by atoms with E-state index in [9.17, 15) is 4.79 Å². The lowest BCUT2D eigenvalue weighted by Crippen LogP contribution is -2.24. The van der Waals surface area contributed by atoms with E-state index in [0.717, 1.165) is 21.9 Å². The van der Waals surface area contributed by atoms with Crippen molar-refractivity contribution in [2.24, 2.45) is 5.10 Å². The summed E-state index contributed by atoms with van der Waals surface area (Å²) in [6.07, 6.45) is 1.53. The number of carbonyl (C=O) groups excluding carboxylic acids is 1. The number of benzene rings is 4. The zero-order chi connectivity index (χ0) is 23.8. The van der Waals surface area contributed by atoms with E-state index in [1.807, 2.05) is 72.8 Å². The van der Waals surface area contributed by atoms with Crippen molar-refractivity contribution in [2.45, 2.75) is 6.61 Å². The van der Waals surface area contributed by atoms with Gasteiger partial charge in [0.2, 0.25) is 0 Å². The van der Waals surface area contributed by atoms with Crippen LogP contribution in [0.3, 0.4) is 0 Å². The van der Waals surface area contributed by atoms with Gasteiger partial charge in [0.15, 0.2) is 18.1 Å². The molecule has 1 N–H and O–H groups in total. The Hall–Kier alpha value is -4.03. The minimum atomic E-state index is -0.362. The average Bonchev–Trinajstić information content (AvgIpc) is 2.87. The number of rotatable bonds is 9. The quantitative estimate of drug-likeness (QED) is 0.253. The predicted octanol–water partition coefficient (Wildman–Crippen LogP) is 5.61. The minimum Gasteiger partial charge on any atom is -0.493 e. The number of halogens is 1. The monoisotopic (exact) mass is 474 g/mol. The van der Waals surface area contributed by atoms with Gasteiger partial charge in [0.25, 0.3) is 5.91 Å². The van der Waals surface area contributed by atoms with Gasteiger partial charge in [0.05, 0.1) is 13.3 Å². The number of nitrogens with one attached hydrogen (secondary N) is 1. The Balaban J connectivity index is 1.29. The fraction of sp³-hybridized carbons (Fsp3) is 0.111. The van der Waals surface area contributed by atoms with Crippen LogP contribution in [-0.2, 0) is 11.4 Å². The van der Waals surface area contributed by atoms with E-state index in [2.05, 4.69) is 10.5 Å². The molecule has 0 unspecified atom stereocenters. The third kappa shape index (κ3) is 6.27. The van der Waals surface area contributed by atoms with Gasteiger partial charge in [-0.05, 0) is 64.4 Å². The lowest BCUT2D eigenvalue weighted by atomic mass is 10.1. The van der Waals surface area contributed by atoms with Gasteiger partial charge in [-0.1, -0.05) is 54.1 Å². The Labute approximate surface area is 202 Å². The van der Waals surface area contributed by atoms with Crippen molar-refractivity contribution in [2.75, 3.05) is 13.7 Å². The molecule has 0 aliphatic carbocycles. The number of nitrogens with zero attached hydrogens (tertiary/aromatic N) is 1. The SMILES string of the molecule is COc1cc(/C=N/NC(=O)COc2ccc3ccccc3c2)ccc1OCc1ccc(Cl)cc1. The molecule has 0 aliphatic rings. The van der Waals surface area contributed by atoms with Crippen LogP contribution in [0.25, 0.3) is 10.8 Å². The fourth-order valence-corrected chi connectivity index (χ4v) is 3.37. The molecule has 0 heterocycles. The number of carbonyl (C=O) groups is 1. The van der Waals surface area contributed by atoms with E-state index in [4.69, 9.17) is 25.8 Å². The van der Waals surface area contributed by atoms with Gasteiger partial charge in [0.1, 0.15) is 12.4 Å². The Morgan fingerprint density at radius 2 is 1.71 bits per heavy atom. The first-order valence-corrected chi connectivity index (χ1v) is 11.0. The number of fused-ring (bicyclic) bond motifs is 1. The third-order valence-corrected chi connectivity index (χ3v) is 5.24. The van der Waals surface area contributed by atoms with E-state index in [-0.39, 0.29) is 12.5 Å². The molecular weight excluding hydrogens is 452 g/mol. The summed E-state index contributed by atoms with van der Waals surface area (Å²) >= 11 is 5.91. The molecule has 34 heavy (non-hydrogen) atoms. The number of hydrogen-bond donors (Lipinski definition) is 1. The van der Waals surface area contributed by atoms with E-state index in [1.54, 1.807) is 19.2 Å². The molecular formula is C27H23ClN2O4. The molecule has 172 valence electrons. The van der Waals surface area contributed by atoms with Gasteiger partial charge in [-0.15, -0.1) is 0 Å². The van der Waals surface area contributed by atoms with Crippen LogP contribution in [0, 0.1) is 0 Å². The smallest absolute Gasteiger partial charge is 0.277 e. The highest BCUT2D eigenvalue weighted by molar-refractivity contribution is 6.30.